The molecule has 2 saturated carbocycles. The molecule has 2 N–H and O–H groups in total. The number of hydrogen-bond acceptors (Lipinski definition) is 8. The molecule has 2 amide bonds. The molecule has 2 saturated heterocycles. The van der Waals surface area contributed by atoms with Crippen LogP contribution in [0.3, 0.4) is 0 Å². The van der Waals surface area contributed by atoms with E-state index in [1.54, 1.807) is 11.1 Å². The van der Waals surface area contributed by atoms with Gasteiger partial charge in [0.2, 0.25) is 5.91 Å². The van der Waals surface area contributed by atoms with Crippen LogP contribution in [0.15, 0.2) is 11.8 Å². The lowest BCUT2D eigenvalue weighted by Gasteiger charge is -2.35. The first-order valence-electron chi connectivity index (χ1n) is 15.6. The Labute approximate surface area is 253 Å². The molecule has 2 aliphatic carbocycles. The number of ketones is 2. The van der Waals surface area contributed by atoms with Gasteiger partial charge in [-0.25, -0.2) is 0 Å². The SMILES string of the molecule is CN(C)C(OC(C)(C)C)N(C)C.CN(C)C=C1C(=O)NC2(CCCCCC2)C1=O.O=C1CC(=O)C2(CCCCCC2)N1. The number of nitrogens with zero attached hydrogens (tertiary/aromatic N) is 3. The highest BCUT2D eigenvalue weighted by atomic mass is 16.5. The van der Waals surface area contributed by atoms with Gasteiger partial charge in [0, 0.05) is 20.3 Å². The summed E-state index contributed by atoms with van der Waals surface area (Å²) in [7, 11) is 11.7. The summed E-state index contributed by atoms with van der Waals surface area (Å²) in [6.07, 6.45) is 14.0. The number of ether oxygens (including phenoxy) is 1. The summed E-state index contributed by atoms with van der Waals surface area (Å²) < 4.78 is 5.81. The summed E-state index contributed by atoms with van der Waals surface area (Å²) in [6, 6.07) is 0. The van der Waals surface area contributed by atoms with E-state index in [2.05, 4.69) is 31.4 Å². The lowest BCUT2D eigenvalue weighted by atomic mass is 9.86. The summed E-state index contributed by atoms with van der Waals surface area (Å²) in [6.45, 7) is 6.19. The molecule has 2 aliphatic heterocycles. The molecule has 0 radical (unpaired) electrons. The van der Waals surface area contributed by atoms with Crippen molar-refractivity contribution in [3.8, 4) is 0 Å². The van der Waals surface area contributed by atoms with Gasteiger partial charge in [-0.15, -0.1) is 0 Å². The Balaban J connectivity index is 0.000000225. The maximum Gasteiger partial charge on any atom is 0.257 e. The minimum Gasteiger partial charge on any atom is -0.383 e. The minimum absolute atomic E-state index is 0.00176. The molecular weight excluding hydrogens is 534 g/mol. The molecule has 2 spiro atoms. The summed E-state index contributed by atoms with van der Waals surface area (Å²) in [4.78, 5) is 52.9. The molecule has 0 unspecified atom stereocenters. The number of rotatable bonds is 4. The molecule has 2 heterocycles. The Morgan fingerprint density at radius 1 is 0.714 bits per heavy atom. The van der Waals surface area contributed by atoms with Gasteiger partial charge in [-0.1, -0.05) is 51.4 Å². The third-order valence-corrected chi connectivity index (χ3v) is 8.15. The second kappa shape index (κ2) is 15.4. The van der Waals surface area contributed by atoms with Crippen LogP contribution in [0.1, 0.15) is 104 Å². The average molecular weight is 592 g/mol. The quantitative estimate of drug-likeness (QED) is 0.221. The van der Waals surface area contributed by atoms with E-state index in [0.29, 0.717) is 5.57 Å². The van der Waals surface area contributed by atoms with E-state index in [1.165, 1.54) is 12.8 Å². The monoisotopic (exact) mass is 591 g/mol. The van der Waals surface area contributed by atoms with E-state index in [-0.39, 0.29) is 41.8 Å². The Morgan fingerprint density at radius 2 is 1.17 bits per heavy atom. The molecule has 0 aromatic carbocycles. The molecule has 10 heteroatoms. The predicted molar refractivity (Wildman–Crippen MR) is 166 cm³/mol. The molecule has 0 bridgehead atoms. The Kier molecular flexibility index (Phi) is 13.2. The zero-order valence-electron chi connectivity index (χ0n) is 27.7. The highest BCUT2D eigenvalue weighted by Crippen LogP contribution is 2.34. The van der Waals surface area contributed by atoms with Crippen LogP contribution in [-0.2, 0) is 23.9 Å². The Morgan fingerprint density at radius 3 is 1.50 bits per heavy atom. The average Bonchev–Trinajstić information content (AvgIpc) is 3.11. The van der Waals surface area contributed by atoms with E-state index >= 15 is 0 Å². The molecule has 4 aliphatic rings. The largest absolute Gasteiger partial charge is 0.383 e. The lowest BCUT2D eigenvalue weighted by molar-refractivity contribution is -0.179. The van der Waals surface area contributed by atoms with Gasteiger partial charge in [-0.3, -0.25) is 29.0 Å². The van der Waals surface area contributed by atoms with Crippen molar-refractivity contribution >= 4 is 23.4 Å². The first kappa shape index (κ1) is 35.9. The van der Waals surface area contributed by atoms with Crippen molar-refractivity contribution in [2.75, 3.05) is 42.3 Å². The van der Waals surface area contributed by atoms with E-state index in [1.807, 2.05) is 52.1 Å². The molecule has 0 atom stereocenters. The second-order valence-electron chi connectivity index (χ2n) is 13.9. The van der Waals surface area contributed by atoms with Gasteiger partial charge < -0.3 is 20.3 Å². The summed E-state index contributed by atoms with van der Waals surface area (Å²) in [5.74, 6) is -0.157. The number of carbonyl (C=O) groups is 4. The van der Waals surface area contributed by atoms with Crippen molar-refractivity contribution in [2.45, 2.75) is 127 Å². The van der Waals surface area contributed by atoms with Gasteiger partial charge in [0.25, 0.3) is 5.91 Å². The van der Waals surface area contributed by atoms with E-state index < -0.39 is 11.1 Å². The molecule has 10 nitrogen and oxygen atoms in total. The third-order valence-electron chi connectivity index (χ3n) is 8.15. The summed E-state index contributed by atoms with van der Waals surface area (Å²) >= 11 is 0. The maximum atomic E-state index is 12.4. The van der Waals surface area contributed by atoms with E-state index in [0.717, 1.165) is 64.2 Å². The first-order valence-corrected chi connectivity index (χ1v) is 15.6. The summed E-state index contributed by atoms with van der Waals surface area (Å²) in [5, 5.41) is 5.80. The van der Waals surface area contributed by atoms with Gasteiger partial charge in [-0.05, 0) is 74.6 Å². The van der Waals surface area contributed by atoms with Gasteiger partial charge in [0.1, 0.15) is 11.1 Å². The van der Waals surface area contributed by atoms with Crippen molar-refractivity contribution in [2.24, 2.45) is 0 Å². The van der Waals surface area contributed by atoms with Crippen molar-refractivity contribution in [3.05, 3.63) is 11.8 Å². The van der Waals surface area contributed by atoms with Crippen molar-refractivity contribution in [1.29, 1.82) is 0 Å². The number of Topliss-reactive ketones (excluding diaryl/α,β-unsaturated/α-hetero) is 2. The van der Waals surface area contributed by atoms with Crippen LogP contribution in [0.5, 0.6) is 0 Å². The molecule has 240 valence electrons. The van der Waals surface area contributed by atoms with E-state index in [4.69, 9.17) is 4.74 Å². The zero-order chi connectivity index (χ0) is 31.7. The predicted octanol–water partition coefficient (Wildman–Crippen LogP) is 3.60. The minimum atomic E-state index is -0.588. The Hall–Kier alpha value is -2.30. The van der Waals surface area contributed by atoms with Gasteiger partial charge >= 0.3 is 0 Å². The van der Waals surface area contributed by atoms with Crippen LogP contribution in [0.25, 0.3) is 0 Å². The topological polar surface area (TPSA) is 111 Å². The van der Waals surface area contributed by atoms with Crippen molar-refractivity contribution in [3.63, 3.8) is 0 Å². The van der Waals surface area contributed by atoms with Gasteiger partial charge in [-0.2, -0.15) is 0 Å². The van der Waals surface area contributed by atoms with Crippen LogP contribution in [0.4, 0.5) is 0 Å². The third kappa shape index (κ3) is 10.2. The fraction of sp³-hybridized carbons (Fsp3) is 0.812. The lowest BCUT2D eigenvalue weighted by Crippen LogP contribution is -2.46. The van der Waals surface area contributed by atoms with Crippen molar-refractivity contribution < 1.29 is 23.9 Å². The standard InChI is InChI=1S/C13H20N2O2.C10H15NO2.C9H22N2O/c1-15(2)9-10-11(16)13(14-12(10)17)7-5-3-4-6-8-13;12-8-7-9(13)11-10(8)5-3-1-2-4-6-10;1-9(2,3)12-8(10(4)5)11(6)7/h9H,3-8H2,1-2H3,(H,14,17);1-7H2,(H,11,13);8H,1-7H3. The zero-order valence-corrected chi connectivity index (χ0v) is 27.7. The van der Waals surface area contributed by atoms with Gasteiger partial charge in [0.05, 0.1) is 17.6 Å². The fourth-order valence-corrected chi connectivity index (χ4v) is 6.18. The maximum absolute atomic E-state index is 12.4. The highest BCUT2D eigenvalue weighted by molar-refractivity contribution is 6.28. The Bertz CT molecular complexity index is 958. The normalized spacial score (nSPS) is 22.9. The number of nitrogens with one attached hydrogen (secondary N) is 2. The number of carbonyl (C=O) groups excluding carboxylic acids is 4. The molecule has 4 rings (SSSR count). The van der Waals surface area contributed by atoms with Crippen LogP contribution in [-0.4, -0.2) is 103 Å². The smallest absolute Gasteiger partial charge is 0.257 e. The summed E-state index contributed by atoms with van der Waals surface area (Å²) in [5.41, 5.74) is -0.820. The van der Waals surface area contributed by atoms with Gasteiger partial charge in [0.15, 0.2) is 17.9 Å². The van der Waals surface area contributed by atoms with Crippen molar-refractivity contribution in [1.82, 2.24) is 25.3 Å². The molecule has 0 aromatic rings. The highest BCUT2D eigenvalue weighted by Gasteiger charge is 2.49. The molecular formula is C32H57N5O5. The molecule has 4 fully saturated rings. The second-order valence-corrected chi connectivity index (χ2v) is 13.9. The molecule has 0 aromatic heterocycles. The number of amides is 2. The van der Waals surface area contributed by atoms with Crippen LogP contribution in [0.2, 0.25) is 0 Å². The van der Waals surface area contributed by atoms with Crippen LogP contribution in [0, 0.1) is 0 Å². The fourth-order valence-electron chi connectivity index (χ4n) is 6.18. The number of hydrogen-bond donors (Lipinski definition) is 2. The first-order chi connectivity index (χ1) is 19.5. The molecule has 42 heavy (non-hydrogen) atoms. The van der Waals surface area contributed by atoms with E-state index in [9.17, 15) is 19.2 Å². The van der Waals surface area contributed by atoms with Crippen LogP contribution < -0.4 is 10.6 Å². The van der Waals surface area contributed by atoms with Crippen LogP contribution >= 0.6 is 0 Å².